The number of anilines is 1. The number of para-hydroxylation sites is 1. The maximum atomic E-state index is 12.5. The predicted molar refractivity (Wildman–Crippen MR) is 95.0 cm³/mol. The van der Waals surface area contributed by atoms with Gasteiger partial charge in [0.1, 0.15) is 10.8 Å². The number of carbonyl (C=O) groups is 2. The third-order valence-corrected chi connectivity index (χ3v) is 4.69. The fourth-order valence-electron chi connectivity index (χ4n) is 2.38. The van der Waals surface area contributed by atoms with Crippen LogP contribution in [0.4, 0.5) is 5.00 Å². The quantitative estimate of drug-likeness (QED) is 0.765. The van der Waals surface area contributed by atoms with Crippen LogP contribution in [0.15, 0.2) is 60.7 Å². The summed E-state index contributed by atoms with van der Waals surface area (Å²) in [6, 6.07) is 17.6. The van der Waals surface area contributed by atoms with Gasteiger partial charge in [-0.15, -0.1) is 11.3 Å². The van der Waals surface area contributed by atoms with Gasteiger partial charge in [0, 0.05) is 10.4 Å². The lowest BCUT2D eigenvalue weighted by Crippen LogP contribution is -2.23. The van der Waals surface area contributed by atoms with Gasteiger partial charge in [0.25, 0.3) is 5.91 Å². The van der Waals surface area contributed by atoms with E-state index in [0.717, 1.165) is 10.4 Å². The van der Waals surface area contributed by atoms with Crippen molar-refractivity contribution < 1.29 is 19.4 Å². The molecule has 0 bridgehead atoms. The molecule has 0 atom stereocenters. The van der Waals surface area contributed by atoms with Crippen LogP contribution in [0.5, 0.6) is 5.75 Å². The number of carboxylic acids is 1. The molecule has 1 aromatic heterocycles. The van der Waals surface area contributed by atoms with Gasteiger partial charge in [-0.3, -0.25) is 4.79 Å². The highest BCUT2D eigenvalue weighted by molar-refractivity contribution is 7.20. The van der Waals surface area contributed by atoms with Gasteiger partial charge in [0.15, 0.2) is 0 Å². The summed E-state index contributed by atoms with van der Waals surface area (Å²) >= 11 is 1.18. The van der Waals surface area contributed by atoms with Crippen molar-refractivity contribution in [3.05, 3.63) is 71.8 Å². The predicted octanol–water partition coefficient (Wildman–Crippen LogP) is 3.04. The van der Waals surface area contributed by atoms with E-state index < -0.39 is 11.9 Å². The maximum Gasteiger partial charge on any atom is 0.260 e. The summed E-state index contributed by atoms with van der Waals surface area (Å²) in [4.78, 5) is 24.7. The maximum absolute atomic E-state index is 12.5. The molecule has 1 amide bonds. The molecule has 0 aliphatic heterocycles. The smallest absolute Gasteiger partial charge is 0.260 e. The van der Waals surface area contributed by atoms with Gasteiger partial charge in [-0.2, -0.15) is 0 Å². The number of hydrogen-bond donors (Lipinski definition) is 1. The summed E-state index contributed by atoms with van der Waals surface area (Å²) in [5, 5.41) is 14.3. The number of thiophene rings is 1. The first-order valence-corrected chi connectivity index (χ1v) is 8.26. The van der Waals surface area contributed by atoms with Crippen molar-refractivity contribution >= 4 is 28.2 Å². The molecular weight excluding hydrogens is 338 g/mol. The molecule has 0 saturated carbocycles. The van der Waals surface area contributed by atoms with E-state index in [0.29, 0.717) is 11.3 Å². The fourth-order valence-corrected chi connectivity index (χ4v) is 3.43. The monoisotopic (exact) mass is 352 g/mol. The zero-order valence-corrected chi connectivity index (χ0v) is 14.1. The number of amides is 1. The second kappa shape index (κ2) is 7.19. The topological polar surface area (TPSA) is 78.5 Å². The molecule has 25 heavy (non-hydrogen) atoms. The molecule has 3 rings (SSSR count). The molecule has 0 spiro atoms. The summed E-state index contributed by atoms with van der Waals surface area (Å²) in [6.45, 7) is 0. The fraction of sp³-hybridized carbons (Fsp3) is 0.0526. The van der Waals surface area contributed by atoms with Gasteiger partial charge in [-0.1, -0.05) is 42.5 Å². The molecule has 2 aromatic carbocycles. The van der Waals surface area contributed by atoms with Crippen molar-refractivity contribution in [3.63, 3.8) is 0 Å². The second-order valence-electron chi connectivity index (χ2n) is 5.16. The summed E-state index contributed by atoms with van der Waals surface area (Å²) in [7, 11) is 1.47. The van der Waals surface area contributed by atoms with Gasteiger partial charge in [0.05, 0.1) is 18.6 Å². The Morgan fingerprint density at radius 1 is 1.00 bits per heavy atom. The summed E-state index contributed by atoms with van der Waals surface area (Å²) < 4.78 is 5.17. The van der Waals surface area contributed by atoms with Crippen molar-refractivity contribution in [2.45, 2.75) is 0 Å². The number of hydrogen-bond acceptors (Lipinski definition) is 5. The Kier molecular flexibility index (Phi) is 4.81. The van der Waals surface area contributed by atoms with Crippen molar-refractivity contribution in [1.82, 2.24) is 0 Å². The Labute approximate surface area is 148 Å². The van der Waals surface area contributed by atoms with Gasteiger partial charge < -0.3 is 20.0 Å². The Bertz CT molecular complexity index is 918. The van der Waals surface area contributed by atoms with Crippen LogP contribution in [0.3, 0.4) is 0 Å². The minimum Gasteiger partial charge on any atom is -0.545 e. The standard InChI is InChI=1S/C19H15NO4S/c1-24-15-10-6-5-9-13(15)17(21)20-18-14(19(22)23)11-16(25-18)12-7-3-2-4-8-12/h2-11H,1H3,(H,20,21)(H,22,23)/p-1. The van der Waals surface area contributed by atoms with E-state index in [4.69, 9.17) is 4.74 Å². The highest BCUT2D eigenvalue weighted by Gasteiger charge is 2.17. The molecule has 0 aliphatic carbocycles. The zero-order valence-electron chi connectivity index (χ0n) is 13.3. The van der Waals surface area contributed by atoms with Crippen LogP contribution in [0.1, 0.15) is 20.7 Å². The number of rotatable bonds is 5. The minimum atomic E-state index is -1.34. The van der Waals surface area contributed by atoms with Crippen LogP contribution < -0.4 is 15.2 Å². The van der Waals surface area contributed by atoms with Crippen molar-refractivity contribution in [3.8, 4) is 16.2 Å². The largest absolute Gasteiger partial charge is 0.545 e. The number of carbonyl (C=O) groups excluding carboxylic acids is 2. The highest BCUT2D eigenvalue weighted by atomic mass is 32.1. The lowest BCUT2D eigenvalue weighted by Gasteiger charge is -2.09. The van der Waals surface area contributed by atoms with Gasteiger partial charge in [-0.05, 0) is 23.8 Å². The van der Waals surface area contributed by atoms with E-state index in [1.54, 1.807) is 24.3 Å². The van der Waals surface area contributed by atoms with Crippen LogP contribution in [0.2, 0.25) is 0 Å². The summed E-state index contributed by atoms with van der Waals surface area (Å²) in [5.74, 6) is -1.37. The molecule has 0 saturated heterocycles. The van der Waals surface area contributed by atoms with E-state index in [9.17, 15) is 14.7 Å². The number of ether oxygens (including phenoxy) is 1. The average molecular weight is 352 g/mol. The molecule has 5 nitrogen and oxygen atoms in total. The number of benzene rings is 2. The Balaban J connectivity index is 1.95. The number of methoxy groups -OCH3 is 1. The third kappa shape index (κ3) is 3.54. The lowest BCUT2D eigenvalue weighted by atomic mass is 10.1. The SMILES string of the molecule is COc1ccccc1C(=O)Nc1sc(-c2ccccc2)cc1C(=O)[O-]. The van der Waals surface area contributed by atoms with Crippen molar-refractivity contribution in [2.24, 2.45) is 0 Å². The van der Waals surface area contributed by atoms with Crippen molar-refractivity contribution in [1.29, 1.82) is 0 Å². The second-order valence-corrected chi connectivity index (χ2v) is 6.21. The summed E-state index contributed by atoms with van der Waals surface area (Å²) in [6.07, 6.45) is 0. The molecule has 3 aromatic rings. The third-order valence-electron chi connectivity index (χ3n) is 3.59. The normalized spacial score (nSPS) is 10.3. The van der Waals surface area contributed by atoms with E-state index in [2.05, 4.69) is 5.32 Å². The molecule has 1 N–H and O–H groups in total. The van der Waals surface area contributed by atoms with Crippen molar-refractivity contribution in [2.75, 3.05) is 12.4 Å². The number of nitrogens with one attached hydrogen (secondary N) is 1. The van der Waals surface area contributed by atoms with Crippen LogP contribution >= 0.6 is 11.3 Å². The molecule has 126 valence electrons. The Morgan fingerprint density at radius 3 is 2.36 bits per heavy atom. The lowest BCUT2D eigenvalue weighted by molar-refractivity contribution is -0.254. The molecule has 0 fully saturated rings. The first-order chi connectivity index (χ1) is 12.1. The Hall–Kier alpha value is -3.12. The Morgan fingerprint density at radius 2 is 1.68 bits per heavy atom. The average Bonchev–Trinajstić information content (AvgIpc) is 3.06. The van der Waals surface area contributed by atoms with Gasteiger partial charge in [0.2, 0.25) is 0 Å². The van der Waals surface area contributed by atoms with E-state index >= 15 is 0 Å². The van der Waals surface area contributed by atoms with E-state index in [-0.39, 0.29) is 10.6 Å². The zero-order chi connectivity index (χ0) is 17.8. The van der Waals surface area contributed by atoms with E-state index in [1.165, 1.54) is 24.5 Å². The number of carboxylic acid groups (broad SMARTS) is 1. The number of aromatic carboxylic acids is 1. The molecule has 1 heterocycles. The van der Waals surface area contributed by atoms with Gasteiger partial charge in [-0.25, -0.2) is 0 Å². The molecule has 6 heteroatoms. The van der Waals surface area contributed by atoms with Crippen LogP contribution in [0.25, 0.3) is 10.4 Å². The van der Waals surface area contributed by atoms with Crippen LogP contribution in [-0.2, 0) is 0 Å². The minimum absolute atomic E-state index is 0.0490. The first kappa shape index (κ1) is 16.7. The molecule has 0 radical (unpaired) electrons. The molecule has 0 aliphatic rings. The van der Waals surface area contributed by atoms with Crippen LogP contribution in [0, 0.1) is 0 Å². The summed E-state index contributed by atoms with van der Waals surface area (Å²) in [5.41, 5.74) is 1.14. The molecular formula is C19H14NO4S-. The highest BCUT2D eigenvalue weighted by Crippen LogP contribution is 2.35. The molecule has 0 unspecified atom stereocenters. The van der Waals surface area contributed by atoms with Crippen LogP contribution in [-0.4, -0.2) is 19.0 Å². The first-order valence-electron chi connectivity index (χ1n) is 7.45. The van der Waals surface area contributed by atoms with Gasteiger partial charge >= 0.3 is 0 Å². The van der Waals surface area contributed by atoms with E-state index in [1.807, 2.05) is 30.3 Å².